The number of carbonyl (C=O) groups excluding carboxylic acids is 1. The molecule has 158 valence electrons. The third-order valence-corrected chi connectivity index (χ3v) is 4.47. The molecule has 7 nitrogen and oxygen atoms in total. The van der Waals surface area contributed by atoms with Crippen molar-refractivity contribution < 1.29 is 9.53 Å². The van der Waals surface area contributed by atoms with Gasteiger partial charge in [0, 0.05) is 50.9 Å². The summed E-state index contributed by atoms with van der Waals surface area (Å²) < 4.78 is 5.14. The number of guanidine groups is 1. The van der Waals surface area contributed by atoms with Crippen LogP contribution in [0.3, 0.4) is 0 Å². The molecule has 0 aromatic heterocycles. The van der Waals surface area contributed by atoms with Gasteiger partial charge in [-0.25, -0.2) is 0 Å². The molecule has 0 aliphatic carbocycles. The summed E-state index contributed by atoms with van der Waals surface area (Å²) in [5, 5.41) is 9.43. The summed E-state index contributed by atoms with van der Waals surface area (Å²) in [7, 11) is 3.33. The lowest BCUT2D eigenvalue weighted by atomic mass is 10.2. The first-order chi connectivity index (χ1) is 13.4. The van der Waals surface area contributed by atoms with E-state index in [4.69, 9.17) is 4.74 Å². The number of benzene rings is 1. The summed E-state index contributed by atoms with van der Waals surface area (Å²) in [6, 6.07) is 8.20. The standard InChI is InChI=1S/C21H37N5O2/c1-16(2)26(17(3)4)14-8-11-24-21(22-5)25-13-12-23-20(27)18-9-7-10-19(15-18)28-6/h7,9-10,15-17H,8,11-14H2,1-6H3,(H,23,27)(H2,22,24,25). The maximum Gasteiger partial charge on any atom is 0.251 e. The fourth-order valence-corrected chi connectivity index (χ4v) is 3.03. The van der Waals surface area contributed by atoms with Gasteiger partial charge in [-0.1, -0.05) is 6.07 Å². The van der Waals surface area contributed by atoms with E-state index in [2.05, 4.69) is 53.5 Å². The van der Waals surface area contributed by atoms with E-state index in [9.17, 15) is 4.79 Å². The van der Waals surface area contributed by atoms with Gasteiger partial charge < -0.3 is 20.7 Å². The predicted octanol–water partition coefficient (Wildman–Crippen LogP) is 2.10. The van der Waals surface area contributed by atoms with Crippen LogP contribution in [0.25, 0.3) is 0 Å². The van der Waals surface area contributed by atoms with Crippen LogP contribution < -0.4 is 20.7 Å². The maximum atomic E-state index is 12.2. The number of aliphatic imine (C=N–C) groups is 1. The number of hydrogen-bond donors (Lipinski definition) is 3. The smallest absolute Gasteiger partial charge is 0.251 e. The van der Waals surface area contributed by atoms with Crippen LogP contribution in [0.4, 0.5) is 0 Å². The molecule has 1 aromatic carbocycles. The van der Waals surface area contributed by atoms with Gasteiger partial charge in [-0.3, -0.25) is 14.7 Å². The molecule has 0 spiro atoms. The van der Waals surface area contributed by atoms with Crippen LogP contribution in [-0.4, -0.2) is 69.2 Å². The molecule has 0 bridgehead atoms. The highest BCUT2D eigenvalue weighted by Gasteiger charge is 2.12. The van der Waals surface area contributed by atoms with Crippen LogP contribution >= 0.6 is 0 Å². The van der Waals surface area contributed by atoms with E-state index in [1.807, 2.05) is 6.07 Å². The summed E-state index contributed by atoms with van der Waals surface area (Å²) in [6.45, 7) is 11.9. The number of rotatable bonds is 11. The average molecular weight is 392 g/mol. The van der Waals surface area contributed by atoms with Crippen LogP contribution in [0, 0.1) is 0 Å². The molecule has 1 amide bonds. The first kappa shape index (κ1) is 23.8. The van der Waals surface area contributed by atoms with Crippen LogP contribution in [0.5, 0.6) is 5.75 Å². The van der Waals surface area contributed by atoms with Gasteiger partial charge in [0.2, 0.25) is 0 Å². The van der Waals surface area contributed by atoms with Gasteiger partial charge in [-0.05, 0) is 52.3 Å². The SMILES string of the molecule is CN=C(NCCCN(C(C)C)C(C)C)NCCNC(=O)c1cccc(OC)c1. The Hall–Kier alpha value is -2.28. The summed E-state index contributed by atoms with van der Waals surface area (Å²) in [4.78, 5) is 18.9. The lowest BCUT2D eigenvalue weighted by Gasteiger charge is -2.30. The average Bonchev–Trinajstić information content (AvgIpc) is 2.68. The molecule has 0 saturated heterocycles. The van der Waals surface area contributed by atoms with E-state index in [1.54, 1.807) is 32.4 Å². The second kappa shape index (κ2) is 13.0. The van der Waals surface area contributed by atoms with E-state index in [0.29, 0.717) is 36.5 Å². The Morgan fingerprint density at radius 1 is 1.07 bits per heavy atom. The van der Waals surface area contributed by atoms with Crippen molar-refractivity contribution in [2.24, 2.45) is 4.99 Å². The number of carbonyl (C=O) groups is 1. The second-order valence-corrected chi connectivity index (χ2v) is 7.19. The molecular weight excluding hydrogens is 354 g/mol. The highest BCUT2D eigenvalue weighted by atomic mass is 16.5. The van der Waals surface area contributed by atoms with Gasteiger partial charge in [0.25, 0.3) is 5.91 Å². The Morgan fingerprint density at radius 3 is 2.32 bits per heavy atom. The molecule has 0 heterocycles. The van der Waals surface area contributed by atoms with Crippen LogP contribution in [0.2, 0.25) is 0 Å². The zero-order valence-corrected chi connectivity index (χ0v) is 18.2. The van der Waals surface area contributed by atoms with Crippen molar-refractivity contribution in [1.29, 1.82) is 0 Å². The maximum absolute atomic E-state index is 12.2. The van der Waals surface area contributed by atoms with Crippen molar-refractivity contribution in [3.05, 3.63) is 29.8 Å². The molecule has 0 aliphatic rings. The summed E-state index contributed by atoms with van der Waals surface area (Å²) in [6.07, 6.45) is 1.05. The van der Waals surface area contributed by atoms with Gasteiger partial charge in [0.15, 0.2) is 5.96 Å². The molecule has 0 fully saturated rings. The minimum absolute atomic E-state index is 0.119. The number of nitrogens with one attached hydrogen (secondary N) is 3. The van der Waals surface area contributed by atoms with Gasteiger partial charge in [-0.2, -0.15) is 0 Å². The van der Waals surface area contributed by atoms with E-state index >= 15 is 0 Å². The molecule has 0 unspecified atom stereocenters. The molecule has 0 atom stereocenters. The number of amides is 1. The van der Waals surface area contributed by atoms with Gasteiger partial charge in [-0.15, -0.1) is 0 Å². The Bertz CT molecular complexity index is 609. The lowest BCUT2D eigenvalue weighted by Crippen LogP contribution is -2.43. The van der Waals surface area contributed by atoms with E-state index < -0.39 is 0 Å². The van der Waals surface area contributed by atoms with Crippen molar-refractivity contribution in [3.63, 3.8) is 0 Å². The highest BCUT2D eigenvalue weighted by Crippen LogP contribution is 2.12. The van der Waals surface area contributed by atoms with Gasteiger partial charge >= 0.3 is 0 Å². The number of ether oxygens (including phenoxy) is 1. The van der Waals surface area contributed by atoms with E-state index in [-0.39, 0.29) is 5.91 Å². The molecule has 0 aliphatic heterocycles. The molecule has 7 heteroatoms. The largest absolute Gasteiger partial charge is 0.497 e. The number of methoxy groups -OCH3 is 1. The number of hydrogen-bond acceptors (Lipinski definition) is 4. The third kappa shape index (κ3) is 8.61. The molecule has 1 aromatic rings. The monoisotopic (exact) mass is 391 g/mol. The molecule has 0 saturated carbocycles. The normalized spacial score (nSPS) is 11.8. The van der Waals surface area contributed by atoms with Crippen LogP contribution in [0.1, 0.15) is 44.5 Å². The summed E-state index contributed by atoms with van der Waals surface area (Å²) in [5.41, 5.74) is 0.585. The van der Waals surface area contributed by atoms with E-state index in [0.717, 1.165) is 25.5 Å². The molecular formula is C21H37N5O2. The minimum atomic E-state index is -0.119. The van der Waals surface area contributed by atoms with Crippen LogP contribution in [0.15, 0.2) is 29.3 Å². The molecule has 3 N–H and O–H groups in total. The predicted molar refractivity (Wildman–Crippen MR) is 116 cm³/mol. The van der Waals surface area contributed by atoms with Crippen LogP contribution in [-0.2, 0) is 0 Å². The quantitative estimate of drug-likeness (QED) is 0.306. The third-order valence-electron chi connectivity index (χ3n) is 4.47. The summed E-state index contributed by atoms with van der Waals surface area (Å²) >= 11 is 0. The lowest BCUT2D eigenvalue weighted by molar-refractivity contribution is 0.0954. The molecule has 1 rings (SSSR count). The van der Waals surface area contributed by atoms with Gasteiger partial charge in [0.05, 0.1) is 7.11 Å². The summed E-state index contributed by atoms with van der Waals surface area (Å²) in [5.74, 6) is 1.30. The Labute approximate surface area is 169 Å². The van der Waals surface area contributed by atoms with Crippen molar-refractivity contribution in [3.8, 4) is 5.75 Å². The Kier molecular flexibility index (Phi) is 11.0. The second-order valence-electron chi connectivity index (χ2n) is 7.19. The molecule has 0 radical (unpaired) electrons. The zero-order chi connectivity index (χ0) is 20.9. The van der Waals surface area contributed by atoms with E-state index in [1.165, 1.54) is 0 Å². The van der Waals surface area contributed by atoms with Crippen molar-refractivity contribution >= 4 is 11.9 Å². The minimum Gasteiger partial charge on any atom is -0.497 e. The van der Waals surface area contributed by atoms with Crippen molar-refractivity contribution in [1.82, 2.24) is 20.9 Å². The zero-order valence-electron chi connectivity index (χ0n) is 18.2. The van der Waals surface area contributed by atoms with Crippen molar-refractivity contribution in [2.75, 3.05) is 40.3 Å². The Balaban J connectivity index is 2.26. The first-order valence-corrected chi connectivity index (χ1v) is 10.0. The molecule has 28 heavy (non-hydrogen) atoms. The fraction of sp³-hybridized carbons (Fsp3) is 0.619. The van der Waals surface area contributed by atoms with Gasteiger partial charge in [0.1, 0.15) is 5.75 Å². The first-order valence-electron chi connectivity index (χ1n) is 10.0. The van der Waals surface area contributed by atoms with Crippen molar-refractivity contribution in [2.45, 2.75) is 46.2 Å². The topological polar surface area (TPSA) is 78.0 Å². The number of nitrogens with zero attached hydrogens (tertiary/aromatic N) is 2. The fourth-order valence-electron chi connectivity index (χ4n) is 3.03. The highest BCUT2D eigenvalue weighted by molar-refractivity contribution is 5.94. The Morgan fingerprint density at radius 2 is 1.71 bits per heavy atom.